The first-order valence-electron chi connectivity index (χ1n) is 5.37. The van der Waals surface area contributed by atoms with Gasteiger partial charge in [0.05, 0.1) is 5.01 Å². The second-order valence-corrected chi connectivity index (χ2v) is 5.72. The number of halogens is 1. The highest BCUT2D eigenvalue weighted by Crippen LogP contribution is 2.09. The van der Waals surface area contributed by atoms with Crippen molar-refractivity contribution in [3.05, 3.63) is 16.6 Å². The average molecular weight is 384 g/mol. The van der Waals surface area contributed by atoms with E-state index in [0.717, 1.165) is 42.6 Å². The number of thiazole rings is 1. The molecule has 0 radical (unpaired) electrons. The van der Waals surface area contributed by atoms with E-state index in [4.69, 9.17) is 5.73 Å². The molecule has 0 aliphatic carbocycles. The van der Waals surface area contributed by atoms with Crippen LogP contribution in [0.2, 0.25) is 0 Å². The molecule has 4 nitrogen and oxygen atoms in total. The summed E-state index contributed by atoms with van der Waals surface area (Å²) in [5, 5.41) is 3.12. The number of guanidine groups is 1. The lowest BCUT2D eigenvalue weighted by molar-refractivity contribution is 0.456. The van der Waals surface area contributed by atoms with Crippen LogP contribution < -0.4 is 5.73 Å². The summed E-state index contributed by atoms with van der Waals surface area (Å²) < 4.78 is 0. The Balaban J connectivity index is 0.00000144. The van der Waals surface area contributed by atoms with Crippen LogP contribution in [-0.2, 0) is 6.42 Å². The smallest absolute Gasteiger partial charge is 0.191 e. The van der Waals surface area contributed by atoms with E-state index >= 15 is 0 Å². The van der Waals surface area contributed by atoms with Gasteiger partial charge < -0.3 is 10.6 Å². The summed E-state index contributed by atoms with van der Waals surface area (Å²) in [6, 6.07) is 0. The second kappa shape index (κ2) is 8.15. The van der Waals surface area contributed by atoms with Crippen LogP contribution in [0.3, 0.4) is 0 Å². The van der Waals surface area contributed by atoms with Gasteiger partial charge in [0.1, 0.15) is 0 Å². The highest BCUT2D eigenvalue weighted by molar-refractivity contribution is 14.0. The second-order valence-electron chi connectivity index (χ2n) is 3.52. The standard InChI is InChI=1S/C10H16N4S2.HI/c11-10(14-4-7-15-8-5-14)13-2-1-9-12-3-6-16-9;/h3,6H,1-2,4-5,7-8H2,(H2,11,13);1H. The summed E-state index contributed by atoms with van der Waals surface area (Å²) in [5.74, 6) is 3.00. The van der Waals surface area contributed by atoms with Gasteiger partial charge in [0.15, 0.2) is 5.96 Å². The monoisotopic (exact) mass is 384 g/mol. The van der Waals surface area contributed by atoms with Crippen molar-refractivity contribution in [1.29, 1.82) is 0 Å². The molecule has 2 N–H and O–H groups in total. The third-order valence-corrected chi connectivity index (χ3v) is 4.20. The van der Waals surface area contributed by atoms with Crippen LogP contribution in [0.25, 0.3) is 0 Å². The molecule has 1 aromatic rings. The normalized spacial score (nSPS) is 16.7. The van der Waals surface area contributed by atoms with Crippen LogP contribution in [0.15, 0.2) is 16.6 Å². The maximum absolute atomic E-state index is 5.94. The van der Waals surface area contributed by atoms with Crippen LogP contribution in [-0.4, -0.2) is 47.0 Å². The number of thioether (sulfide) groups is 1. The lowest BCUT2D eigenvalue weighted by atomic mass is 10.4. The molecule has 0 aromatic carbocycles. The summed E-state index contributed by atoms with van der Waals surface area (Å²) in [4.78, 5) is 10.8. The zero-order valence-electron chi connectivity index (χ0n) is 9.54. The molecule has 0 saturated carbocycles. The lowest BCUT2D eigenvalue weighted by Gasteiger charge is -2.27. The molecule has 0 unspecified atom stereocenters. The summed E-state index contributed by atoms with van der Waals surface area (Å²) in [7, 11) is 0. The molecule has 1 aliphatic heterocycles. The summed E-state index contributed by atoms with van der Waals surface area (Å²) in [6.45, 7) is 2.79. The molecule has 2 rings (SSSR count). The zero-order valence-corrected chi connectivity index (χ0v) is 13.5. The number of aliphatic imine (C=N–C) groups is 1. The average Bonchev–Trinajstić information content (AvgIpc) is 2.83. The predicted molar refractivity (Wildman–Crippen MR) is 86.6 cm³/mol. The molecule has 1 aromatic heterocycles. The first-order valence-corrected chi connectivity index (χ1v) is 7.40. The van der Waals surface area contributed by atoms with Crippen LogP contribution in [0, 0.1) is 0 Å². The van der Waals surface area contributed by atoms with Gasteiger partial charge in [-0.1, -0.05) is 0 Å². The molecule has 17 heavy (non-hydrogen) atoms. The van der Waals surface area contributed by atoms with Crippen molar-refractivity contribution in [3.8, 4) is 0 Å². The minimum absolute atomic E-state index is 0. The quantitative estimate of drug-likeness (QED) is 0.490. The summed E-state index contributed by atoms with van der Waals surface area (Å²) >= 11 is 3.65. The van der Waals surface area contributed by atoms with E-state index in [0.29, 0.717) is 5.96 Å². The maximum atomic E-state index is 5.94. The molecule has 0 spiro atoms. The van der Waals surface area contributed by atoms with Crippen LogP contribution >= 0.6 is 47.1 Å². The van der Waals surface area contributed by atoms with E-state index in [1.165, 1.54) is 0 Å². The fraction of sp³-hybridized carbons (Fsp3) is 0.600. The molecular weight excluding hydrogens is 367 g/mol. The Hall–Kier alpha value is -0.0200. The highest BCUT2D eigenvalue weighted by atomic mass is 127. The molecule has 0 bridgehead atoms. The summed E-state index contributed by atoms with van der Waals surface area (Å²) in [6.07, 6.45) is 2.72. The van der Waals surface area contributed by atoms with E-state index in [1.54, 1.807) is 11.3 Å². The van der Waals surface area contributed by atoms with E-state index in [1.807, 2.05) is 23.3 Å². The Morgan fingerprint density at radius 2 is 2.24 bits per heavy atom. The van der Waals surface area contributed by atoms with Gasteiger partial charge in [0.25, 0.3) is 0 Å². The fourth-order valence-corrected chi connectivity index (χ4v) is 3.05. The molecule has 0 atom stereocenters. The van der Waals surface area contributed by atoms with E-state index in [2.05, 4.69) is 14.9 Å². The lowest BCUT2D eigenvalue weighted by Crippen LogP contribution is -2.42. The van der Waals surface area contributed by atoms with E-state index in [9.17, 15) is 0 Å². The number of rotatable bonds is 3. The van der Waals surface area contributed by atoms with Gasteiger partial charge in [-0.25, -0.2) is 4.98 Å². The minimum atomic E-state index is 0. The maximum Gasteiger partial charge on any atom is 0.191 e. The Morgan fingerprint density at radius 3 is 2.88 bits per heavy atom. The molecular formula is C10H17IN4S2. The Bertz CT molecular complexity index is 336. The number of nitrogens with zero attached hydrogens (tertiary/aromatic N) is 3. The molecule has 1 fully saturated rings. The number of hydrogen-bond acceptors (Lipinski definition) is 4. The van der Waals surface area contributed by atoms with E-state index < -0.39 is 0 Å². The topological polar surface area (TPSA) is 54.5 Å². The Morgan fingerprint density at radius 1 is 1.47 bits per heavy atom. The van der Waals surface area contributed by atoms with Crippen molar-refractivity contribution in [3.63, 3.8) is 0 Å². The first kappa shape index (κ1) is 15.0. The Labute approximate surface area is 127 Å². The molecule has 2 heterocycles. The van der Waals surface area contributed by atoms with Gasteiger partial charge in [0.2, 0.25) is 0 Å². The van der Waals surface area contributed by atoms with Crippen LogP contribution in [0.5, 0.6) is 0 Å². The third-order valence-electron chi connectivity index (χ3n) is 2.42. The van der Waals surface area contributed by atoms with Gasteiger partial charge in [-0.15, -0.1) is 35.3 Å². The molecule has 0 amide bonds. The fourth-order valence-electron chi connectivity index (χ4n) is 1.53. The number of hydrogen-bond donors (Lipinski definition) is 1. The van der Waals surface area contributed by atoms with Crippen molar-refractivity contribution < 1.29 is 0 Å². The number of nitrogens with two attached hydrogens (primary N) is 1. The van der Waals surface area contributed by atoms with Gasteiger partial charge in [-0.3, -0.25) is 4.99 Å². The predicted octanol–water partition coefficient (Wildman–Crippen LogP) is 1.67. The SMILES string of the molecule is I.NC(=NCCc1nccs1)N1CCSCC1. The molecule has 1 saturated heterocycles. The highest BCUT2D eigenvalue weighted by Gasteiger charge is 2.11. The van der Waals surface area contributed by atoms with Gasteiger partial charge >= 0.3 is 0 Å². The molecule has 7 heteroatoms. The third kappa shape index (κ3) is 5.01. The van der Waals surface area contributed by atoms with Crippen LogP contribution in [0.1, 0.15) is 5.01 Å². The van der Waals surface area contributed by atoms with Gasteiger partial charge in [-0.2, -0.15) is 11.8 Å². The van der Waals surface area contributed by atoms with Crippen molar-refractivity contribution in [1.82, 2.24) is 9.88 Å². The largest absolute Gasteiger partial charge is 0.370 e. The van der Waals surface area contributed by atoms with Crippen molar-refractivity contribution in [2.24, 2.45) is 10.7 Å². The molecule has 1 aliphatic rings. The van der Waals surface area contributed by atoms with Crippen molar-refractivity contribution in [2.45, 2.75) is 6.42 Å². The molecule has 96 valence electrons. The summed E-state index contributed by atoms with van der Waals surface area (Å²) in [5.41, 5.74) is 5.94. The van der Waals surface area contributed by atoms with Gasteiger partial charge in [-0.05, 0) is 0 Å². The minimum Gasteiger partial charge on any atom is -0.370 e. The first-order chi connectivity index (χ1) is 7.86. The number of aromatic nitrogens is 1. The van der Waals surface area contributed by atoms with Crippen molar-refractivity contribution in [2.75, 3.05) is 31.1 Å². The van der Waals surface area contributed by atoms with E-state index in [-0.39, 0.29) is 24.0 Å². The Kier molecular flexibility index (Phi) is 7.21. The van der Waals surface area contributed by atoms with Crippen molar-refractivity contribution >= 4 is 53.0 Å². The van der Waals surface area contributed by atoms with Gasteiger partial charge in [0, 0.05) is 49.1 Å². The zero-order chi connectivity index (χ0) is 11.2. The van der Waals surface area contributed by atoms with Crippen LogP contribution in [0.4, 0.5) is 0 Å².